The van der Waals surface area contributed by atoms with E-state index in [1.165, 1.54) is 6.92 Å². The molecule has 0 unspecified atom stereocenters. The molecule has 0 N–H and O–H groups in total. The number of ether oxygens (including phenoxy) is 2. The fourth-order valence-electron chi connectivity index (χ4n) is 4.13. The van der Waals surface area contributed by atoms with E-state index in [9.17, 15) is 39.6 Å². The molecule has 3 atom stereocenters. The number of esters is 1. The molecule has 0 fully saturated rings. The minimum atomic E-state index is -5.08. The van der Waals surface area contributed by atoms with Crippen LogP contribution in [0.1, 0.15) is 32.3 Å². The normalized spacial score (nSPS) is 20.1. The lowest BCUT2D eigenvalue weighted by Gasteiger charge is -2.29. The highest BCUT2D eigenvalue weighted by Crippen LogP contribution is 2.47. The SMILES string of the molecule is COC(=O)[C@H](C)COc1cc2c(cc1C(F)(F)F)N(c1ccc(F)cc1)C[C@@H](CCC(C)(F)F)[C@@H](F)S2(=O)=O. The van der Waals surface area contributed by atoms with Crippen LogP contribution in [0.4, 0.5) is 42.1 Å². The number of alkyl halides is 6. The fraction of sp³-hybridized carbons (Fsp3) is 0.480. The molecule has 0 spiro atoms. The molecule has 0 saturated heterocycles. The quantitative estimate of drug-likeness (QED) is 0.267. The number of sulfone groups is 1. The molecule has 6 nitrogen and oxygen atoms in total. The number of fused-ring (bicyclic) bond motifs is 1. The van der Waals surface area contributed by atoms with Crippen molar-refractivity contribution in [3.8, 4) is 5.75 Å². The summed E-state index contributed by atoms with van der Waals surface area (Å²) in [5, 5.41) is 0. The lowest BCUT2D eigenvalue weighted by Crippen LogP contribution is -2.32. The third kappa shape index (κ3) is 6.95. The maximum Gasteiger partial charge on any atom is 0.420 e. The predicted molar refractivity (Wildman–Crippen MR) is 127 cm³/mol. The van der Waals surface area contributed by atoms with Crippen LogP contribution in [0.25, 0.3) is 0 Å². The third-order valence-corrected chi connectivity index (χ3v) is 8.15. The molecule has 2 aromatic carbocycles. The molecule has 0 saturated carbocycles. The predicted octanol–water partition coefficient (Wildman–Crippen LogP) is 6.31. The van der Waals surface area contributed by atoms with E-state index < -0.39 is 99.0 Å². The highest BCUT2D eigenvalue weighted by molar-refractivity contribution is 7.92. The van der Waals surface area contributed by atoms with Gasteiger partial charge in [-0.25, -0.2) is 26.0 Å². The number of halogens is 7. The molecular weight excluding hydrogens is 559 g/mol. The highest BCUT2D eigenvalue weighted by atomic mass is 32.2. The average Bonchev–Trinajstić information content (AvgIpc) is 2.92. The standard InChI is InChI=1S/C25H26F7NO5S/c1-14(23(34)37-3)13-38-20-11-21-19(10-18(20)25(30,31)32)33(17-6-4-16(26)5-7-17)12-15(8-9-24(2,28)29)22(27)39(21,35)36/h4-7,10-11,14-15,22H,8-9,12-13H2,1-3H3/t14-,15-,22+/m1/s1. The number of nitrogens with zero attached hydrogens (tertiary/aromatic N) is 1. The zero-order valence-corrected chi connectivity index (χ0v) is 21.9. The van der Waals surface area contributed by atoms with Gasteiger partial charge in [-0.3, -0.25) is 4.79 Å². The van der Waals surface area contributed by atoms with Gasteiger partial charge < -0.3 is 14.4 Å². The first-order valence-electron chi connectivity index (χ1n) is 11.7. The molecular formula is C25H26F7NO5S. The van der Waals surface area contributed by atoms with Crippen molar-refractivity contribution in [2.24, 2.45) is 11.8 Å². The number of methoxy groups -OCH3 is 1. The summed E-state index contributed by atoms with van der Waals surface area (Å²) in [7, 11) is -3.97. The van der Waals surface area contributed by atoms with Crippen molar-refractivity contribution in [1.82, 2.24) is 0 Å². The van der Waals surface area contributed by atoms with Crippen LogP contribution in [0.3, 0.4) is 0 Å². The lowest BCUT2D eigenvalue weighted by atomic mass is 10.00. The van der Waals surface area contributed by atoms with Crippen LogP contribution < -0.4 is 9.64 Å². The second-order valence-electron chi connectivity index (χ2n) is 9.40. The van der Waals surface area contributed by atoms with E-state index in [4.69, 9.17) is 4.74 Å². The number of hydrogen-bond donors (Lipinski definition) is 0. The Bertz CT molecular complexity index is 1290. The van der Waals surface area contributed by atoms with E-state index in [1.807, 2.05) is 0 Å². The van der Waals surface area contributed by atoms with Gasteiger partial charge in [0.15, 0.2) is 0 Å². The third-order valence-electron chi connectivity index (χ3n) is 6.23. The zero-order chi connectivity index (χ0) is 29.3. The van der Waals surface area contributed by atoms with Crippen LogP contribution in [-0.2, 0) is 25.5 Å². The molecule has 0 bridgehead atoms. The van der Waals surface area contributed by atoms with Gasteiger partial charge in [-0.05, 0) is 50.6 Å². The van der Waals surface area contributed by atoms with Gasteiger partial charge in [0.1, 0.15) is 18.2 Å². The Labute approximate surface area is 220 Å². The molecule has 0 amide bonds. The Hall–Kier alpha value is -3.03. The minimum Gasteiger partial charge on any atom is -0.492 e. The molecule has 14 heteroatoms. The van der Waals surface area contributed by atoms with Crippen molar-refractivity contribution in [3.05, 3.63) is 47.8 Å². The smallest absolute Gasteiger partial charge is 0.420 e. The Balaban J connectivity index is 2.23. The number of rotatable bonds is 8. The largest absolute Gasteiger partial charge is 0.492 e. The van der Waals surface area contributed by atoms with E-state index in [0.717, 1.165) is 36.3 Å². The molecule has 2 aromatic rings. The summed E-state index contributed by atoms with van der Waals surface area (Å²) in [5.41, 5.74) is -4.75. The Morgan fingerprint density at radius 3 is 2.28 bits per heavy atom. The summed E-state index contributed by atoms with van der Waals surface area (Å²) in [6.07, 6.45) is -6.57. The van der Waals surface area contributed by atoms with E-state index >= 15 is 4.39 Å². The van der Waals surface area contributed by atoms with Gasteiger partial charge in [0.05, 0.1) is 29.2 Å². The molecule has 0 aromatic heterocycles. The van der Waals surface area contributed by atoms with Crippen LogP contribution in [-0.4, -0.2) is 46.1 Å². The topological polar surface area (TPSA) is 72.9 Å². The number of hydrogen-bond acceptors (Lipinski definition) is 6. The number of carbonyl (C=O) groups is 1. The maximum atomic E-state index is 15.6. The molecule has 0 radical (unpaired) electrons. The van der Waals surface area contributed by atoms with Crippen molar-refractivity contribution in [2.45, 2.75) is 49.2 Å². The minimum absolute atomic E-state index is 0.0105. The monoisotopic (exact) mass is 585 g/mol. The van der Waals surface area contributed by atoms with Gasteiger partial charge >= 0.3 is 12.1 Å². The van der Waals surface area contributed by atoms with Gasteiger partial charge in [-0.2, -0.15) is 13.2 Å². The second kappa shape index (κ2) is 11.2. The molecule has 3 rings (SSSR count). The summed E-state index contributed by atoms with van der Waals surface area (Å²) >= 11 is 0. The molecule has 39 heavy (non-hydrogen) atoms. The first-order valence-corrected chi connectivity index (χ1v) is 13.2. The van der Waals surface area contributed by atoms with Crippen molar-refractivity contribution >= 4 is 27.2 Å². The van der Waals surface area contributed by atoms with Crippen LogP contribution in [0.15, 0.2) is 41.3 Å². The number of benzene rings is 2. The molecule has 1 aliphatic heterocycles. The molecule has 0 aliphatic carbocycles. The number of carbonyl (C=O) groups excluding carboxylic acids is 1. The average molecular weight is 586 g/mol. The van der Waals surface area contributed by atoms with Crippen molar-refractivity contribution in [1.29, 1.82) is 0 Å². The van der Waals surface area contributed by atoms with E-state index in [1.54, 1.807) is 0 Å². The van der Waals surface area contributed by atoms with Crippen molar-refractivity contribution in [3.63, 3.8) is 0 Å². The van der Waals surface area contributed by atoms with Gasteiger partial charge in [0, 0.05) is 30.6 Å². The van der Waals surface area contributed by atoms with Gasteiger partial charge in [-0.15, -0.1) is 0 Å². The second-order valence-corrected chi connectivity index (χ2v) is 11.4. The van der Waals surface area contributed by atoms with E-state index in [-0.39, 0.29) is 5.69 Å². The first-order chi connectivity index (χ1) is 18.0. The highest BCUT2D eigenvalue weighted by Gasteiger charge is 2.45. The first kappa shape index (κ1) is 30.5. The van der Waals surface area contributed by atoms with Crippen LogP contribution >= 0.6 is 0 Å². The Morgan fingerprint density at radius 2 is 1.74 bits per heavy atom. The van der Waals surface area contributed by atoms with Crippen LogP contribution in [0.5, 0.6) is 5.75 Å². The van der Waals surface area contributed by atoms with Crippen LogP contribution in [0, 0.1) is 17.7 Å². The summed E-state index contributed by atoms with van der Waals surface area (Å²) in [6.45, 7) is 0.670. The van der Waals surface area contributed by atoms with Gasteiger partial charge in [-0.1, -0.05) is 0 Å². The Kier molecular flexibility index (Phi) is 8.78. The summed E-state index contributed by atoms with van der Waals surface area (Å²) < 4.78 is 135. The van der Waals surface area contributed by atoms with E-state index in [0.29, 0.717) is 19.1 Å². The fourth-order valence-corrected chi connectivity index (χ4v) is 5.83. The Morgan fingerprint density at radius 1 is 1.13 bits per heavy atom. The lowest BCUT2D eigenvalue weighted by molar-refractivity contribution is -0.146. The number of anilines is 2. The molecule has 1 heterocycles. The zero-order valence-electron chi connectivity index (χ0n) is 21.1. The summed E-state index contributed by atoms with van der Waals surface area (Å²) in [5.74, 6) is -8.35. The van der Waals surface area contributed by atoms with Crippen LogP contribution in [0.2, 0.25) is 0 Å². The van der Waals surface area contributed by atoms with Crippen molar-refractivity contribution in [2.75, 3.05) is 25.2 Å². The maximum absolute atomic E-state index is 15.6. The summed E-state index contributed by atoms with van der Waals surface area (Å²) in [6, 6.07) is 5.19. The molecule has 216 valence electrons. The van der Waals surface area contributed by atoms with Gasteiger partial charge in [0.2, 0.25) is 21.3 Å². The van der Waals surface area contributed by atoms with Gasteiger partial charge in [0.25, 0.3) is 0 Å². The van der Waals surface area contributed by atoms with Crippen molar-refractivity contribution < 1.29 is 53.4 Å². The molecule has 1 aliphatic rings. The van der Waals surface area contributed by atoms with E-state index in [2.05, 4.69) is 4.74 Å². The summed E-state index contributed by atoms with van der Waals surface area (Å²) in [4.78, 5) is 11.8.